The lowest BCUT2D eigenvalue weighted by Crippen LogP contribution is -2.37. The van der Waals surface area contributed by atoms with Crippen molar-refractivity contribution in [1.82, 2.24) is 10.6 Å². The van der Waals surface area contributed by atoms with Crippen LogP contribution in [0.2, 0.25) is 0 Å². The SMILES string of the molecule is Cc1ccc(C(=O)N/C(=C/c2ccc(Br)cc2)C(=O)NCC(=O)O)cc1. The van der Waals surface area contributed by atoms with Crippen LogP contribution >= 0.6 is 15.9 Å². The molecule has 0 spiro atoms. The zero-order valence-corrected chi connectivity index (χ0v) is 15.5. The average molecular weight is 417 g/mol. The third kappa shape index (κ3) is 5.86. The second-order valence-electron chi connectivity index (χ2n) is 5.51. The molecule has 2 rings (SSSR count). The predicted molar refractivity (Wildman–Crippen MR) is 101 cm³/mol. The van der Waals surface area contributed by atoms with Gasteiger partial charge in [0.25, 0.3) is 11.8 Å². The minimum Gasteiger partial charge on any atom is -0.480 e. The topological polar surface area (TPSA) is 95.5 Å². The van der Waals surface area contributed by atoms with E-state index in [0.717, 1.165) is 10.0 Å². The molecule has 0 atom stereocenters. The molecule has 26 heavy (non-hydrogen) atoms. The molecular formula is C19H17BrN2O4. The van der Waals surface area contributed by atoms with Crippen molar-refractivity contribution in [2.24, 2.45) is 0 Å². The fraction of sp³-hybridized carbons (Fsp3) is 0.105. The van der Waals surface area contributed by atoms with E-state index in [9.17, 15) is 14.4 Å². The summed E-state index contributed by atoms with van der Waals surface area (Å²) in [5, 5.41) is 13.5. The van der Waals surface area contributed by atoms with Crippen LogP contribution in [0.3, 0.4) is 0 Å². The third-order valence-electron chi connectivity index (χ3n) is 3.39. The molecule has 2 amide bonds. The summed E-state index contributed by atoms with van der Waals surface area (Å²) in [5.74, 6) is -2.32. The fourth-order valence-corrected chi connectivity index (χ4v) is 2.30. The smallest absolute Gasteiger partial charge is 0.322 e. The van der Waals surface area contributed by atoms with Crippen LogP contribution in [-0.4, -0.2) is 29.4 Å². The second-order valence-corrected chi connectivity index (χ2v) is 6.42. The Bertz CT molecular complexity index is 843. The normalized spacial score (nSPS) is 10.9. The van der Waals surface area contributed by atoms with Gasteiger partial charge in [-0.05, 0) is 42.8 Å². The highest BCUT2D eigenvalue weighted by molar-refractivity contribution is 9.10. The summed E-state index contributed by atoms with van der Waals surface area (Å²) >= 11 is 3.32. The number of amides is 2. The van der Waals surface area contributed by atoms with Gasteiger partial charge in [-0.2, -0.15) is 0 Å². The molecule has 3 N–H and O–H groups in total. The average Bonchev–Trinajstić information content (AvgIpc) is 2.61. The number of hydrogen-bond donors (Lipinski definition) is 3. The number of hydrogen-bond acceptors (Lipinski definition) is 3. The van der Waals surface area contributed by atoms with Crippen LogP contribution in [-0.2, 0) is 9.59 Å². The summed E-state index contributed by atoms with van der Waals surface area (Å²) in [6.45, 7) is 1.36. The Balaban J connectivity index is 2.25. The number of rotatable bonds is 6. The zero-order chi connectivity index (χ0) is 19.1. The highest BCUT2D eigenvalue weighted by atomic mass is 79.9. The minimum atomic E-state index is -1.17. The largest absolute Gasteiger partial charge is 0.480 e. The number of aryl methyl sites for hydroxylation is 1. The molecule has 2 aromatic carbocycles. The first-order chi connectivity index (χ1) is 12.3. The Kier molecular flexibility index (Phi) is 6.68. The zero-order valence-electron chi connectivity index (χ0n) is 14.0. The van der Waals surface area contributed by atoms with Crippen LogP contribution in [0.15, 0.2) is 58.7 Å². The van der Waals surface area contributed by atoms with E-state index in [1.165, 1.54) is 6.08 Å². The van der Waals surface area contributed by atoms with E-state index >= 15 is 0 Å². The van der Waals surface area contributed by atoms with E-state index in [1.807, 2.05) is 6.92 Å². The first-order valence-corrected chi connectivity index (χ1v) is 8.50. The van der Waals surface area contributed by atoms with E-state index < -0.39 is 24.3 Å². The maximum absolute atomic E-state index is 12.4. The molecule has 0 bridgehead atoms. The van der Waals surface area contributed by atoms with E-state index in [-0.39, 0.29) is 5.70 Å². The van der Waals surface area contributed by atoms with E-state index in [0.29, 0.717) is 11.1 Å². The van der Waals surface area contributed by atoms with Crippen LogP contribution in [0.5, 0.6) is 0 Å². The summed E-state index contributed by atoms with van der Waals surface area (Å²) in [6.07, 6.45) is 1.48. The molecule has 134 valence electrons. The summed E-state index contributed by atoms with van der Waals surface area (Å²) in [5.41, 5.74) is 2.03. The molecule has 6 nitrogen and oxygen atoms in total. The van der Waals surface area contributed by atoms with Crippen molar-refractivity contribution in [2.75, 3.05) is 6.54 Å². The van der Waals surface area contributed by atoms with Gasteiger partial charge in [-0.15, -0.1) is 0 Å². The molecule has 7 heteroatoms. The lowest BCUT2D eigenvalue weighted by Gasteiger charge is -2.10. The second kappa shape index (κ2) is 8.96. The molecule has 0 saturated heterocycles. The van der Waals surface area contributed by atoms with Crippen molar-refractivity contribution in [3.8, 4) is 0 Å². The van der Waals surface area contributed by atoms with Gasteiger partial charge in [0.2, 0.25) is 0 Å². The number of carbonyl (C=O) groups is 3. The first-order valence-electron chi connectivity index (χ1n) is 7.70. The lowest BCUT2D eigenvalue weighted by molar-refractivity contribution is -0.137. The first kappa shape index (κ1) is 19.4. The molecule has 0 fully saturated rings. The molecule has 2 aromatic rings. The number of nitrogens with one attached hydrogen (secondary N) is 2. The number of halogens is 1. The Morgan fingerprint density at radius 2 is 1.65 bits per heavy atom. The summed E-state index contributed by atoms with van der Waals surface area (Å²) < 4.78 is 0.871. The van der Waals surface area contributed by atoms with Gasteiger partial charge in [-0.3, -0.25) is 14.4 Å². The number of aliphatic carboxylic acids is 1. The van der Waals surface area contributed by atoms with Crippen molar-refractivity contribution in [2.45, 2.75) is 6.92 Å². The van der Waals surface area contributed by atoms with Gasteiger partial charge in [0, 0.05) is 10.0 Å². The maximum atomic E-state index is 12.4. The number of carboxylic acid groups (broad SMARTS) is 1. The molecule has 0 aliphatic rings. The quantitative estimate of drug-likeness (QED) is 0.630. The predicted octanol–water partition coefficient (Wildman–Crippen LogP) is 2.73. The van der Waals surface area contributed by atoms with Crippen molar-refractivity contribution >= 4 is 39.8 Å². The van der Waals surface area contributed by atoms with Crippen molar-refractivity contribution in [3.63, 3.8) is 0 Å². The Morgan fingerprint density at radius 3 is 2.23 bits per heavy atom. The number of benzene rings is 2. The van der Waals surface area contributed by atoms with Crippen LogP contribution in [0.4, 0.5) is 0 Å². The molecule has 0 saturated carbocycles. The van der Waals surface area contributed by atoms with Gasteiger partial charge in [0.1, 0.15) is 12.2 Å². The monoisotopic (exact) mass is 416 g/mol. The van der Waals surface area contributed by atoms with Gasteiger partial charge in [0.15, 0.2) is 0 Å². The van der Waals surface area contributed by atoms with Crippen molar-refractivity contribution in [3.05, 3.63) is 75.4 Å². The van der Waals surface area contributed by atoms with Gasteiger partial charge in [0.05, 0.1) is 0 Å². The standard InChI is InChI=1S/C19H17BrN2O4/c1-12-2-6-14(7-3-12)18(25)22-16(19(26)21-11-17(23)24)10-13-4-8-15(20)9-5-13/h2-10H,11H2,1H3,(H,21,26)(H,22,25)(H,23,24)/b16-10+. The van der Waals surface area contributed by atoms with Gasteiger partial charge in [-0.25, -0.2) is 0 Å². The fourth-order valence-electron chi connectivity index (χ4n) is 2.03. The van der Waals surface area contributed by atoms with Gasteiger partial charge in [-0.1, -0.05) is 45.8 Å². The molecule has 0 radical (unpaired) electrons. The summed E-state index contributed by atoms with van der Waals surface area (Å²) in [7, 11) is 0. The Hall–Kier alpha value is -2.93. The van der Waals surface area contributed by atoms with Crippen LogP contribution in [0, 0.1) is 6.92 Å². The minimum absolute atomic E-state index is 0.0425. The van der Waals surface area contributed by atoms with Crippen LogP contribution < -0.4 is 10.6 Å². The van der Waals surface area contributed by atoms with Crippen LogP contribution in [0.1, 0.15) is 21.5 Å². The van der Waals surface area contributed by atoms with Gasteiger partial charge >= 0.3 is 5.97 Å². The highest BCUT2D eigenvalue weighted by Crippen LogP contribution is 2.13. The molecule has 0 unspecified atom stereocenters. The number of carbonyl (C=O) groups excluding carboxylic acids is 2. The summed E-state index contributed by atoms with van der Waals surface area (Å²) in [4.78, 5) is 35.3. The van der Waals surface area contributed by atoms with E-state index in [1.54, 1.807) is 48.5 Å². The number of carboxylic acids is 1. The molecular weight excluding hydrogens is 400 g/mol. The van der Waals surface area contributed by atoms with Crippen LogP contribution in [0.25, 0.3) is 6.08 Å². The van der Waals surface area contributed by atoms with E-state index in [4.69, 9.17) is 5.11 Å². The van der Waals surface area contributed by atoms with E-state index in [2.05, 4.69) is 26.6 Å². The summed E-state index contributed by atoms with van der Waals surface area (Å²) in [6, 6.07) is 14.0. The molecule has 0 aliphatic carbocycles. The third-order valence-corrected chi connectivity index (χ3v) is 3.92. The van der Waals surface area contributed by atoms with Crippen molar-refractivity contribution in [1.29, 1.82) is 0 Å². The molecule has 0 heterocycles. The molecule has 0 aromatic heterocycles. The Labute approximate surface area is 159 Å². The van der Waals surface area contributed by atoms with Crippen molar-refractivity contribution < 1.29 is 19.5 Å². The lowest BCUT2D eigenvalue weighted by atomic mass is 10.1. The van der Waals surface area contributed by atoms with Gasteiger partial charge < -0.3 is 15.7 Å². The maximum Gasteiger partial charge on any atom is 0.322 e. The highest BCUT2D eigenvalue weighted by Gasteiger charge is 2.15. The Morgan fingerprint density at radius 1 is 1.04 bits per heavy atom. The molecule has 0 aliphatic heterocycles.